The van der Waals surface area contributed by atoms with E-state index in [9.17, 15) is 0 Å². The van der Waals surface area contributed by atoms with Crippen molar-refractivity contribution < 1.29 is 3.07 Å². The Morgan fingerprint density at radius 3 is 2.64 bits per heavy atom. The molecule has 0 saturated heterocycles. The molecule has 0 aliphatic rings. The number of hydrogen-bond donors (Lipinski definition) is 1. The van der Waals surface area contributed by atoms with Crippen LogP contribution in [0, 0.1) is 0 Å². The Kier molecular flexibility index (Phi) is 7.85. The molecule has 0 aliphatic carbocycles. The van der Waals surface area contributed by atoms with E-state index >= 15 is 0 Å². The van der Waals surface area contributed by atoms with Crippen molar-refractivity contribution in [1.29, 1.82) is 0 Å². The summed E-state index contributed by atoms with van der Waals surface area (Å²) in [5.41, 5.74) is 5.63. The zero-order valence-corrected chi connectivity index (χ0v) is 10.7. The molecular weight excluding hydrogens is 245 g/mol. The molecule has 0 aliphatic heterocycles. The van der Waals surface area contributed by atoms with Gasteiger partial charge in [0.05, 0.1) is 0 Å². The third-order valence-electron chi connectivity index (χ3n) is 1.58. The Morgan fingerprint density at radius 2 is 2.18 bits per heavy atom. The third kappa shape index (κ3) is 8.63. The van der Waals surface area contributed by atoms with E-state index in [-0.39, 0.29) is 0 Å². The SMILES string of the molecule is CC[O][Sn+]([CH3])[CH2]CCC(C)N. The van der Waals surface area contributed by atoms with Gasteiger partial charge in [-0.05, 0) is 0 Å². The van der Waals surface area contributed by atoms with Crippen LogP contribution < -0.4 is 5.73 Å². The molecule has 66 valence electrons. The van der Waals surface area contributed by atoms with Crippen LogP contribution in [0.2, 0.25) is 9.38 Å². The molecular formula is C8H20NOSn+. The van der Waals surface area contributed by atoms with Crippen LogP contribution >= 0.6 is 0 Å². The summed E-state index contributed by atoms with van der Waals surface area (Å²) in [6.07, 6.45) is 2.42. The van der Waals surface area contributed by atoms with E-state index in [0.717, 1.165) is 13.0 Å². The molecule has 0 amide bonds. The maximum absolute atomic E-state index is 5.63. The van der Waals surface area contributed by atoms with Crippen molar-refractivity contribution >= 4 is 20.2 Å². The van der Waals surface area contributed by atoms with Crippen molar-refractivity contribution in [1.82, 2.24) is 0 Å². The molecule has 0 fully saturated rings. The van der Waals surface area contributed by atoms with E-state index in [1.54, 1.807) is 0 Å². The fraction of sp³-hybridized carbons (Fsp3) is 1.00. The van der Waals surface area contributed by atoms with Crippen molar-refractivity contribution in [2.24, 2.45) is 5.73 Å². The van der Waals surface area contributed by atoms with Gasteiger partial charge >= 0.3 is 77.7 Å². The Balaban J connectivity index is 3.10. The first-order chi connectivity index (χ1) is 5.16. The molecule has 0 aromatic carbocycles. The first-order valence-corrected chi connectivity index (χ1v) is 10.4. The predicted molar refractivity (Wildman–Crippen MR) is 50.9 cm³/mol. The maximum atomic E-state index is 5.63. The summed E-state index contributed by atoms with van der Waals surface area (Å²) >= 11 is -1.32. The first kappa shape index (κ1) is 11.7. The van der Waals surface area contributed by atoms with Crippen molar-refractivity contribution in [3.63, 3.8) is 0 Å². The third-order valence-corrected chi connectivity index (χ3v) is 6.83. The van der Waals surface area contributed by atoms with Gasteiger partial charge in [0.1, 0.15) is 0 Å². The van der Waals surface area contributed by atoms with Crippen LogP contribution in [-0.2, 0) is 3.07 Å². The molecule has 2 N–H and O–H groups in total. The van der Waals surface area contributed by atoms with Gasteiger partial charge in [-0.15, -0.1) is 0 Å². The van der Waals surface area contributed by atoms with Gasteiger partial charge in [-0.25, -0.2) is 0 Å². The monoisotopic (exact) mass is 266 g/mol. The molecule has 0 radical (unpaired) electrons. The van der Waals surface area contributed by atoms with E-state index in [1.807, 2.05) is 0 Å². The summed E-state index contributed by atoms with van der Waals surface area (Å²) in [5.74, 6) is 0. The summed E-state index contributed by atoms with van der Waals surface area (Å²) in [6, 6.07) is 0.368. The summed E-state index contributed by atoms with van der Waals surface area (Å²) < 4.78 is 6.91. The number of rotatable bonds is 6. The molecule has 0 aromatic rings. The molecule has 11 heavy (non-hydrogen) atoms. The van der Waals surface area contributed by atoms with Crippen LogP contribution in [0.3, 0.4) is 0 Å². The molecule has 0 aromatic heterocycles. The molecule has 2 nitrogen and oxygen atoms in total. The van der Waals surface area contributed by atoms with Gasteiger partial charge in [0.2, 0.25) is 0 Å². The zero-order valence-electron chi connectivity index (χ0n) is 7.89. The van der Waals surface area contributed by atoms with Crippen LogP contribution in [0.4, 0.5) is 0 Å². The Bertz CT molecular complexity index is 88.2. The molecule has 1 unspecified atom stereocenters. The molecule has 0 rings (SSSR count). The molecule has 1 atom stereocenters. The molecule has 0 heterocycles. The summed E-state index contributed by atoms with van der Waals surface area (Å²) in [5, 5.41) is 0. The van der Waals surface area contributed by atoms with Gasteiger partial charge in [-0.1, -0.05) is 0 Å². The van der Waals surface area contributed by atoms with Crippen LogP contribution in [0.5, 0.6) is 0 Å². The fourth-order valence-corrected chi connectivity index (χ4v) is 4.81. The van der Waals surface area contributed by atoms with Gasteiger partial charge in [-0.2, -0.15) is 0 Å². The van der Waals surface area contributed by atoms with Crippen LogP contribution in [0.25, 0.3) is 0 Å². The summed E-state index contributed by atoms with van der Waals surface area (Å²) in [4.78, 5) is 2.31. The van der Waals surface area contributed by atoms with Crippen LogP contribution in [-0.4, -0.2) is 32.8 Å². The molecule has 0 saturated carbocycles. The van der Waals surface area contributed by atoms with Crippen LogP contribution in [0.1, 0.15) is 26.7 Å². The first-order valence-electron chi connectivity index (χ1n) is 4.37. The van der Waals surface area contributed by atoms with Gasteiger partial charge in [0.25, 0.3) is 0 Å². The van der Waals surface area contributed by atoms with E-state index in [0.29, 0.717) is 6.04 Å². The Labute approximate surface area is 77.8 Å². The second kappa shape index (κ2) is 7.37. The zero-order chi connectivity index (χ0) is 8.69. The second-order valence-electron chi connectivity index (χ2n) is 3.00. The summed E-state index contributed by atoms with van der Waals surface area (Å²) in [7, 11) is 0. The van der Waals surface area contributed by atoms with Crippen LogP contribution in [0.15, 0.2) is 0 Å². The van der Waals surface area contributed by atoms with Crippen molar-refractivity contribution in [2.45, 2.75) is 42.1 Å². The van der Waals surface area contributed by atoms with Crippen molar-refractivity contribution in [3.05, 3.63) is 0 Å². The van der Waals surface area contributed by atoms with E-state index < -0.39 is 20.2 Å². The fourth-order valence-electron chi connectivity index (χ4n) is 0.992. The van der Waals surface area contributed by atoms with Crippen molar-refractivity contribution in [2.75, 3.05) is 6.61 Å². The van der Waals surface area contributed by atoms with Gasteiger partial charge < -0.3 is 0 Å². The standard InChI is InChI=1S/C5H12N.C2H5O.CH3.Sn/c1-3-4-5(2)6;1-2-3;;/h5H,1,3-4,6H2,2H3;2H2,1H3;1H3;/q;-1;;+2. The minimum atomic E-state index is -1.32. The molecule has 3 heteroatoms. The second-order valence-corrected chi connectivity index (χ2v) is 9.26. The van der Waals surface area contributed by atoms with Gasteiger partial charge in [-0.3, -0.25) is 0 Å². The quantitative estimate of drug-likeness (QED) is 0.743. The number of nitrogens with two attached hydrogens (primary N) is 1. The average molecular weight is 265 g/mol. The van der Waals surface area contributed by atoms with Crippen molar-refractivity contribution in [3.8, 4) is 0 Å². The molecule has 0 spiro atoms. The van der Waals surface area contributed by atoms with E-state index in [2.05, 4.69) is 18.8 Å². The topological polar surface area (TPSA) is 35.2 Å². The normalized spacial score (nSPS) is 13.1. The predicted octanol–water partition coefficient (Wildman–Crippen LogP) is 1.77. The Hall–Kier alpha value is 0.719. The van der Waals surface area contributed by atoms with Gasteiger partial charge in [0, 0.05) is 0 Å². The van der Waals surface area contributed by atoms with Gasteiger partial charge in [0.15, 0.2) is 0 Å². The number of hydrogen-bond acceptors (Lipinski definition) is 2. The Morgan fingerprint density at radius 1 is 1.55 bits per heavy atom. The van der Waals surface area contributed by atoms with E-state index in [4.69, 9.17) is 8.81 Å². The minimum absolute atomic E-state index is 0.368. The molecule has 0 bridgehead atoms. The van der Waals surface area contributed by atoms with E-state index in [1.165, 1.54) is 10.9 Å². The average Bonchev–Trinajstić information content (AvgIpc) is 1.87. The summed E-state index contributed by atoms with van der Waals surface area (Å²) in [6.45, 7) is 5.05.